The fourth-order valence-corrected chi connectivity index (χ4v) is 3.98. The molecule has 2 aliphatic rings. The minimum absolute atomic E-state index is 0.163. The molecule has 4 rings (SSSR count). The Labute approximate surface area is 197 Å². The van der Waals surface area contributed by atoms with Crippen LogP contribution in [0.1, 0.15) is 22.8 Å². The van der Waals surface area contributed by atoms with Gasteiger partial charge in [0.1, 0.15) is 11.8 Å². The van der Waals surface area contributed by atoms with Gasteiger partial charge in [0.15, 0.2) is 17.4 Å². The van der Waals surface area contributed by atoms with Crippen molar-refractivity contribution in [2.45, 2.75) is 25.5 Å². The van der Waals surface area contributed by atoms with Crippen molar-refractivity contribution in [3.05, 3.63) is 65.2 Å². The second-order valence-electron chi connectivity index (χ2n) is 8.24. The number of halogens is 4. The number of amides is 2. The standard InChI is InChI=1S/C24H21F4N3O4/c1-12-6-7-13-4-2-3-5-16(13)21(32)19(12)30-20-17(25)8-14(9-18(20)26)31-11-15(35-24(31)34)10-29-23(33)22(27)28/h2-9,12,15,19,22,30H,10-11H2,1H3,(H,29,33)/t12?,15-,19?/m0/s1. The van der Waals surface area contributed by atoms with Gasteiger partial charge in [0.05, 0.1) is 24.8 Å². The number of cyclic esters (lactones) is 1. The molecule has 1 aliphatic heterocycles. The Balaban J connectivity index is 1.52. The summed E-state index contributed by atoms with van der Waals surface area (Å²) in [6.45, 7) is 1.15. The summed E-state index contributed by atoms with van der Waals surface area (Å²) in [5, 5.41) is 4.60. The molecule has 2 unspecified atom stereocenters. The van der Waals surface area contributed by atoms with Gasteiger partial charge < -0.3 is 15.4 Å². The molecule has 1 aliphatic carbocycles. The molecule has 1 fully saturated rings. The van der Waals surface area contributed by atoms with Gasteiger partial charge in [-0.25, -0.2) is 13.6 Å². The summed E-state index contributed by atoms with van der Waals surface area (Å²) >= 11 is 0. The summed E-state index contributed by atoms with van der Waals surface area (Å²) < 4.78 is 59.6. The molecule has 0 radical (unpaired) electrons. The normalized spacial score (nSPS) is 21.5. The van der Waals surface area contributed by atoms with Crippen LogP contribution in [0, 0.1) is 17.6 Å². The van der Waals surface area contributed by atoms with Gasteiger partial charge in [0.2, 0.25) is 0 Å². The topological polar surface area (TPSA) is 87.7 Å². The highest BCUT2D eigenvalue weighted by Gasteiger charge is 2.35. The van der Waals surface area contributed by atoms with E-state index >= 15 is 0 Å². The van der Waals surface area contributed by atoms with Crippen LogP contribution >= 0.6 is 0 Å². The fraction of sp³-hybridized carbons (Fsp3) is 0.292. The Bertz CT molecular complexity index is 1180. The number of rotatable bonds is 6. The zero-order valence-corrected chi connectivity index (χ0v) is 18.4. The average Bonchev–Trinajstić information content (AvgIpc) is 3.15. The molecule has 1 heterocycles. The molecule has 2 aromatic rings. The number of nitrogens with zero attached hydrogens (tertiary/aromatic N) is 1. The molecule has 11 heteroatoms. The number of ketones is 1. The van der Waals surface area contributed by atoms with E-state index in [9.17, 15) is 31.9 Å². The van der Waals surface area contributed by atoms with Crippen LogP contribution in [-0.4, -0.2) is 49.4 Å². The predicted molar refractivity (Wildman–Crippen MR) is 119 cm³/mol. The Hall–Kier alpha value is -3.89. The molecular formula is C24H21F4N3O4. The molecule has 0 bridgehead atoms. The van der Waals surface area contributed by atoms with E-state index in [0.29, 0.717) is 11.1 Å². The monoisotopic (exact) mass is 491 g/mol. The Morgan fingerprint density at radius 2 is 1.86 bits per heavy atom. The van der Waals surface area contributed by atoms with Crippen LogP contribution in [0.3, 0.4) is 0 Å². The number of carbonyl (C=O) groups excluding carboxylic acids is 3. The lowest BCUT2D eigenvalue weighted by Crippen LogP contribution is -2.37. The maximum absolute atomic E-state index is 15.0. The van der Waals surface area contributed by atoms with Crippen LogP contribution < -0.4 is 15.5 Å². The van der Waals surface area contributed by atoms with E-state index in [2.05, 4.69) is 5.32 Å². The van der Waals surface area contributed by atoms with Gasteiger partial charge >= 0.3 is 12.5 Å². The number of Topliss-reactive ketones (excluding diaryl/α,β-unsaturated/α-hetero) is 1. The molecule has 2 aromatic carbocycles. The minimum Gasteiger partial charge on any atom is -0.442 e. The quantitative estimate of drug-likeness (QED) is 0.597. The molecular weight excluding hydrogens is 470 g/mol. The van der Waals surface area contributed by atoms with E-state index in [0.717, 1.165) is 17.0 Å². The van der Waals surface area contributed by atoms with Crippen LogP contribution in [0.25, 0.3) is 6.08 Å². The van der Waals surface area contributed by atoms with Crippen LogP contribution in [0.4, 0.5) is 33.7 Å². The lowest BCUT2D eigenvalue weighted by Gasteiger charge is -2.23. The molecule has 2 amide bonds. The van der Waals surface area contributed by atoms with Gasteiger partial charge in [-0.15, -0.1) is 0 Å². The van der Waals surface area contributed by atoms with Crippen molar-refractivity contribution >= 4 is 35.2 Å². The van der Waals surface area contributed by atoms with Gasteiger partial charge in [0.25, 0.3) is 5.91 Å². The highest BCUT2D eigenvalue weighted by molar-refractivity contribution is 6.05. The Morgan fingerprint density at radius 1 is 1.17 bits per heavy atom. The van der Waals surface area contributed by atoms with Gasteiger partial charge in [-0.05, 0) is 5.56 Å². The fourth-order valence-electron chi connectivity index (χ4n) is 3.98. The Morgan fingerprint density at radius 3 is 2.54 bits per heavy atom. The second kappa shape index (κ2) is 9.77. The van der Waals surface area contributed by atoms with E-state index in [4.69, 9.17) is 4.74 Å². The third kappa shape index (κ3) is 4.98. The molecule has 0 aromatic heterocycles. The number of ether oxygens (including phenoxy) is 1. The van der Waals surface area contributed by atoms with Crippen molar-refractivity contribution in [2.75, 3.05) is 23.3 Å². The van der Waals surface area contributed by atoms with Crippen molar-refractivity contribution in [2.24, 2.45) is 5.92 Å². The zero-order chi connectivity index (χ0) is 25.3. The van der Waals surface area contributed by atoms with Gasteiger partial charge in [-0.1, -0.05) is 43.3 Å². The van der Waals surface area contributed by atoms with Crippen molar-refractivity contribution in [1.82, 2.24) is 5.32 Å². The number of fused-ring (bicyclic) bond motifs is 1. The van der Waals surface area contributed by atoms with E-state index in [1.54, 1.807) is 43.3 Å². The number of carbonyl (C=O) groups is 3. The van der Waals surface area contributed by atoms with Crippen LogP contribution in [0.5, 0.6) is 0 Å². The molecule has 1 saturated heterocycles. The number of anilines is 2. The molecule has 35 heavy (non-hydrogen) atoms. The number of hydrogen-bond acceptors (Lipinski definition) is 5. The first-order chi connectivity index (χ1) is 16.7. The van der Waals surface area contributed by atoms with E-state index in [1.165, 1.54) is 0 Å². The van der Waals surface area contributed by atoms with Crippen LogP contribution in [0.15, 0.2) is 42.5 Å². The zero-order valence-electron chi connectivity index (χ0n) is 18.4. The lowest BCUT2D eigenvalue weighted by molar-refractivity contribution is -0.132. The number of hydrogen-bond donors (Lipinski definition) is 2. The van der Waals surface area contributed by atoms with Gasteiger partial charge in [0, 0.05) is 23.6 Å². The molecule has 0 saturated carbocycles. The molecule has 7 nitrogen and oxygen atoms in total. The van der Waals surface area contributed by atoms with Gasteiger partial charge in [-0.3, -0.25) is 14.5 Å². The third-order valence-corrected chi connectivity index (χ3v) is 5.83. The van der Waals surface area contributed by atoms with Crippen LogP contribution in [0.2, 0.25) is 0 Å². The smallest absolute Gasteiger partial charge is 0.414 e. The summed E-state index contributed by atoms with van der Waals surface area (Å²) in [5.74, 6) is -4.30. The first-order valence-electron chi connectivity index (χ1n) is 10.8. The number of benzene rings is 2. The SMILES string of the molecule is CC1C=Cc2ccccc2C(=O)C1Nc1c(F)cc(N2C[C@H](CNC(=O)C(F)F)OC2=O)cc1F. The molecule has 2 N–H and O–H groups in total. The predicted octanol–water partition coefficient (Wildman–Crippen LogP) is 4.00. The summed E-state index contributed by atoms with van der Waals surface area (Å²) in [6, 6.07) is 7.77. The number of nitrogens with one attached hydrogen (secondary N) is 2. The third-order valence-electron chi connectivity index (χ3n) is 5.83. The molecule has 0 spiro atoms. The van der Waals surface area contributed by atoms with Crippen LogP contribution in [-0.2, 0) is 9.53 Å². The van der Waals surface area contributed by atoms with E-state index in [1.807, 2.05) is 5.32 Å². The molecule has 184 valence electrons. The van der Waals surface area contributed by atoms with Crippen molar-refractivity contribution in [3.8, 4) is 0 Å². The van der Waals surface area contributed by atoms with Crippen molar-refractivity contribution < 1.29 is 36.7 Å². The largest absolute Gasteiger partial charge is 0.442 e. The summed E-state index contributed by atoms with van der Waals surface area (Å²) in [5.41, 5.74) is 0.438. The lowest BCUT2D eigenvalue weighted by atomic mass is 9.94. The maximum atomic E-state index is 15.0. The Kier molecular flexibility index (Phi) is 6.77. The second-order valence-corrected chi connectivity index (χ2v) is 8.24. The van der Waals surface area contributed by atoms with Crippen molar-refractivity contribution in [1.29, 1.82) is 0 Å². The average molecular weight is 491 g/mol. The first kappa shape index (κ1) is 24.2. The highest BCUT2D eigenvalue weighted by Crippen LogP contribution is 2.31. The van der Waals surface area contributed by atoms with Crippen molar-refractivity contribution in [3.63, 3.8) is 0 Å². The summed E-state index contributed by atoms with van der Waals surface area (Å²) in [7, 11) is 0. The first-order valence-corrected chi connectivity index (χ1v) is 10.8. The van der Waals surface area contributed by atoms with Gasteiger partial charge in [-0.2, -0.15) is 8.78 Å². The van der Waals surface area contributed by atoms with E-state index in [-0.39, 0.29) is 30.5 Å². The summed E-state index contributed by atoms with van der Waals surface area (Å²) in [6.07, 6.45) is -1.59. The number of alkyl halides is 2. The summed E-state index contributed by atoms with van der Waals surface area (Å²) in [4.78, 5) is 37.2. The maximum Gasteiger partial charge on any atom is 0.414 e. The minimum atomic E-state index is -3.22. The van der Waals surface area contributed by atoms with E-state index < -0.39 is 47.9 Å². The highest BCUT2D eigenvalue weighted by atomic mass is 19.3. The molecule has 3 atom stereocenters.